The Kier molecular flexibility index (Phi) is 6.24. The van der Waals surface area contributed by atoms with E-state index in [0.717, 1.165) is 64.2 Å². The van der Waals surface area contributed by atoms with Gasteiger partial charge in [0.15, 0.2) is 0 Å². The molecule has 126 valence electrons. The minimum atomic E-state index is -0.688. The third kappa shape index (κ3) is 4.22. The van der Waals surface area contributed by atoms with Crippen LogP contribution >= 0.6 is 0 Å². The monoisotopic (exact) mass is 309 g/mol. The molecule has 2 atom stereocenters. The summed E-state index contributed by atoms with van der Waals surface area (Å²) in [4.78, 5) is 25.3. The van der Waals surface area contributed by atoms with Crippen LogP contribution in [0.5, 0.6) is 0 Å². The largest absolute Gasteiger partial charge is 0.354 e. The molecule has 22 heavy (non-hydrogen) atoms. The second-order valence-corrected chi connectivity index (χ2v) is 7.01. The Morgan fingerprint density at radius 1 is 1.14 bits per heavy atom. The summed E-state index contributed by atoms with van der Waals surface area (Å²) in [6.45, 7) is 2.71. The molecule has 2 aliphatic carbocycles. The molecule has 2 rings (SSSR count). The molecule has 0 aromatic carbocycles. The van der Waals surface area contributed by atoms with E-state index >= 15 is 0 Å². The van der Waals surface area contributed by atoms with Crippen molar-refractivity contribution in [2.75, 3.05) is 6.54 Å². The zero-order chi connectivity index (χ0) is 16.0. The molecule has 2 fully saturated rings. The van der Waals surface area contributed by atoms with Gasteiger partial charge in [-0.1, -0.05) is 32.6 Å². The second kappa shape index (κ2) is 7.95. The lowest BCUT2D eigenvalue weighted by Gasteiger charge is -2.38. The first-order valence-corrected chi connectivity index (χ1v) is 8.93. The van der Waals surface area contributed by atoms with Crippen molar-refractivity contribution < 1.29 is 9.59 Å². The quantitative estimate of drug-likeness (QED) is 0.724. The summed E-state index contributed by atoms with van der Waals surface area (Å²) < 4.78 is 0. The predicted molar refractivity (Wildman–Crippen MR) is 87.2 cm³/mol. The number of rotatable bonds is 5. The van der Waals surface area contributed by atoms with Gasteiger partial charge in [0.1, 0.15) is 5.54 Å². The van der Waals surface area contributed by atoms with Gasteiger partial charge >= 0.3 is 0 Å². The fourth-order valence-corrected chi connectivity index (χ4v) is 3.78. The van der Waals surface area contributed by atoms with E-state index in [2.05, 4.69) is 10.6 Å². The molecule has 2 saturated carbocycles. The summed E-state index contributed by atoms with van der Waals surface area (Å²) >= 11 is 0. The van der Waals surface area contributed by atoms with E-state index in [1.54, 1.807) is 0 Å². The van der Waals surface area contributed by atoms with Crippen LogP contribution in [-0.2, 0) is 9.59 Å². The van der Waals surface area contributed by atoms with Crippen LogP contribution in [0.3, 0.4) is 0 Å². The first-order valence-electron chi connectivity index (χ1n) is 8.93. The van der Waals surface area contributed by atoms with Crippen LogP contribution in [0.25, 0.3) is 0 Å². The minimum absolute atomic E-state index is 0.00232. The van der Waals surface area contributed by atoms with E-state index in [9.17, 15) is 9.59 Å². The summed E-state index contributed by atoms with van der Waals surface area (Å²) in [5.74, 6) is 0.00716. The normalized spacial score (nSPS) is 27.9. The fraction of sp³-hybridized carbons (Fsp3) is 0.882. The molecule has 2 amide bonds. The number of carbonyl (C=O) groups excluding carboxylic acids is 2. The zero-order valence-corrected chi connectivity index (χ0v) is 13.8. The van der Waals surface area contributed by atoms with Crippen molar-refractivity contribution in [2.24, 2.45) is 11.7 Å². The Hall–Kier alpha value is -1.10. The van der Waals surface area contributed by atoms with E-state index in [1.807, 2.05) is 6.92 Å². The number of carbonyl (C=O) groups is 2. The van der Waals surface area contributed by atoms with Crippen LogP contribution in [0.15, 0.2) is 0 Å². The predicted octanol–water partition coefficient (Wildman–Crippen LogP) is 1.85. The van der Waals surface area contributed by atoms with E-state index in [0.29, 0.717) is 6.54 Å². The fourth-order valence-electron chi connectivity index (χ4n) is 3.78. The maximum absolute atomic E-state index is 12.6. The van der Waals surface area contributed by atoms with Gasteiger partial charge in [0.05, 0.1) is 0 Å². The smallest absolute Gasteiger partial charge is 0.245 e. The van der Waals surface area contributed by atoms with Gasteiger partial charge < -0.3 is 16.4 Å². The van der Waals surface area contributed by atoms with Crippen molar-refractivity contribution in [2.45, 2.75) is 82.7 Å². The summed E-state index contributed by atoms with van der Waals surface area (Å²) in [5.41, 5.74) is 5.31. The SMILES string of the molecule is CCCNC(=O)C1(NC(=O)C2CCCC(N)C2)CCCCC1. The molecule has 0 aromatic heterocycles. The van der Waals surface area contributed by atoms with Gasteiger partial charge in [-0.25, -0.2) is 0 Å². The molecule has 0 aliphatic heterocycles. The standard InChI is InChI=1S/C17H31N3O2/c1-2-11-19-16(22)17(9-4-3-5-10-17)20-15(21)13-7-6-8-14(18)12-13/h13-14H,2-12,18H2,1H3,(H,19,22)(H,20,21). The summed E-state index contributed by atoms with van der Waals surface area (Å²) in [6, 6.07) is 0.126. The molecule has 2 aliphatic rings. The van der Waals surface area contributed by atoms with Crippen LogP contribution < -0.4 is 16.4 Å². The molecule has 0 saturated heterocycles. The number of hydrogen-bond donors (Lipinski definition) is 3. The highest BCUT2D eigenvalue weighted by atomic mass is 16.2. The van der Waals surface area contributed by atoms with Gasteiger partial charge in [0.25, 0.3) is 0 Å². The Bertz CT molecular complexity index is 391. The van der Waals surface area contributed by atoms with E-state index in [1.165, 1.54) is 0 Å². The van der Waals surface area contributed by atoms with Gasteiger partial charge in [-0.2, -0.15) is 0 Å². The van der Waals surface area contributed by atoms with Gasteiger partial charge in [0, 0.05) is 18.5 Å². The van der Waals surface area contributed by atoms with Crippen molar-refractivity contribution in [1.82, 2.24) is 10.6 Å². The number of amides is 2. The molecule has 0 heterocycles. The van der Waals surface area contributed by atoms with E-state index in [4.69, 9.17) is 5.73 Å². The molecule has 2 unspecified atom stereocenters. The van der Waals surface area contributed by atoms with E-state index < -0.39 is 5.54 Å². The first-order chi connectivity index (χ1) is 10.6. The first kappa shape index (κ1) is 17.3. The highest BCUT2D eigenvalue weighted by Gasteiger charge is 2.42. The maximum Gasteiger partial charge on any atom is 0.245 e. The third-order valence-corrected chi connectivity index (χ3v) is 5.13. The van der Waals surface area contributed by atoms with Crippen molar-refractivity contribution in [3.63, 3.8) is 0 Å². The Morgan fingerprint density at radius 3 is 2.50 bits per heavy atom. The lowest BCUT2D eigenvalue weighted by molar-refractivity contribution is -0.137. The highest BCUT2D eigenvalue weighted by molar-refractivity contribution is 5.92. The molecule has 5 nitrogen and oxygen atoms in total. The third-order valence-electron chi connectivity index (χ3n) is 5.13. The molecule has 5 heteroatoms. The van der Waals surface area contributed by atoms with Gasteiger partial charge in [-0.15, -0.1) is 0 Å². The molecule has 0 bridgehead atoms. The van der Waals surface area contributed by atoms with Crippen LogP contribution in [0, 0.1) is 5.92 Å². The number of nitrogens with two attached hydrogens (primary N) is 1. The molecule has 0 radical (unpaired) electrons. The number of nitrogens with one attached hydrogen (secondary N) is 2. The summed E-state index contributed by atoms with van der Waals surface area (Å²) in [5, 5.41) is 6.11. The molecule has 0 spiro atoms. The van der Waals surface area contributed by atoms with Crippen molar-refractivity contribution >= 4 is 11.8 Å². The average molecular weight is 309 g/mol. The average Bonchev–Trinajstić information content (AvgIpc) is 2.53. The van der Waals surface area contributed by atoms with Crippen LogP contribution in [0.1, 0.15) is 71.1 Å². The van der Waals surface area contributed by atoms with Crippen molar-refractivity contribution in [3.05, 3.63) is 0 Å². The molecule has 4 N–H and O–H groups in total. The highest BCUT2D eigenvalue weighted by Crippen LogP contribution is 2.30. The molecule has 0 aromatic rings. The zero-order valence-electron chi connectivity index (χ0n) is 13.8. The molecular weight excluding hydrogens is 278 g/mol. The summed E-state index contributed by atoms with van der Waals surface area (Å²) in [6.07, 6.45) is 9.24. The lowest BCUT2D eigenvalue weighted by atomic mass is 9.79. The van der Waals surface area contributed by atoms with E-state index in [-0.39, 0.29) is 23.8 Å². The van der Waals surface area contributed by atoms with Gasteiger partial charge in [-0.3, -0.25) is 9.59 Å². The van der Waals surface area contributed by atoms with Gasteiger partial charge in [0.2, 0.25) is 11.8 Å². The number of hydrogen-bond acceptors (Lipinski definition) is 3. The Labute approximate surface area is 133 Å². The topological polar surface area (TPSA) is 84.2 Å². The maximum atomic E-state index is 12.6. The molecular formula is C17H31N3O2. The Morgan fingerprint density at radius 2 is 1.86 bits per heavy atom. The van der Waals surface area contributed by atoms with Crippen LogP contribution in [0.4, 0.5) is 0 Å². The lowest BCUT2D eigenvalue weighted by Crippen LogP contribution is -2.61. The van der Waals surface area contributed by atoms with Crippen LogP contribution in [-0.4, -0.2) is 29.9 Å². The van der Waals surface area contributed by atoms with Crippen molar-refractivity contribution in [3.8, 4) is 0 Å². The van der Waals surface area contributed by atoms with Gasteiger partial charge in [-0.05, 0) is 38.5 Å². The summed E-state index contributed by atoms with van der Waals surface area (Å²) in [7, 11) is 0. The second-order valence-electron chi connectivity index (χ2n) is 7.01. The van der Waals surface area contributed by atoms with Crippen LogP contribution in [0.2, 0.25) is 0 Å². The van der Waals surface area contributed by atoms with Crippen molar-refractivity contribution in [1.29, 1.82) is 0 Å². The minimum Gasteiger partial charge on any atom is -0.354 e. The Balaban J connectivity index is 2.02.